The van der Waals surface area contributed by atoms with Gasteiger partial charge in [-0.25, -0.2) is 0 Å². The van der Waals surface area contributed by atoms with Crippen LogP contribution in [0.25, 0.3) is 0 Å². The van der Waals surface area contributed by atoms with Crippen molar-refractivity contribution in [1.29, 1.82) is 0 Å². The molecule has 0 aliphatic carbocycles. The Kier molecular flexibility index (Phi) is 5.92. The third-order valence-corrected chi connectivity index (χ3v) is 4.34. The Labute approximate surface area is 132 Å². The van der Waals surface area contributed by atoms with Gasteiger partial charge in [-0.05, 0) is 57.2 Å². The van der Waals surface area contributed by atoms with E-state index in [4.69, 9.17) is 0 Å². The van der Waals surface area contributed by atoms with E-state index >= 15 is 0 Å². The van der Waals surface area contributed by atoms with Crippen molar-refractivity contribution in [2.24, 2.45) is 0 Å². The van der Waals surface area contributed by atoms with Crippen LogP contribution in [0.4, 0.5) is 0 Å². The molecule has 1 saturated heterocycles. The van der Waals surface area contributed by atoms with E-state index in [1.54, 1.807) is 22.2 Å². The molecule has 5 nitrogen and oxygen atoms in total. The molecule has 1 aromatic heterocycles. The first-order chi connectivity index (χ1) is 10.6. The van der Waals surface area contributed by atoms with Gasteiger partial charge >= 0.3 is 11.8 Å². The number of hydrogen-bond acceptors (Lipinski definition) is 3. The molecule has 1 atom stereocenters. The maximum atomic E-state index is 12.5. The quantitative estimate of drug-likeness (QED) is 0.798. The summed E-state index contributed by atoms with van der Waals surface area (Å²) in [6.07, 6.45) is 7.35. The molecule has 2 rings (SSSR count). The van der Waals surface area contributed by atoms with Gasteiger partial charge in [0.1, 0.15) is 0 Å². The first-order valence-corrected chi connectivity index (χ1v) is 8.12. The molecule has 1 fully saturated rings. The van der Waals surface area contributed by atoms with Crippen molar-refractivity contribution in [3.05, 3.63) is 30.1 Å². The Hall–Kier alpha value is -1.91. The number of pyridine rings is 1. The van der Waals surface area contributed by atoms with Crippen LogP contribution in [0.15, 0.2) is 24.5 Å². The van der Waals surface area contributed by atoms with Crippen LogP contribution in [0.5, 0.6) is 0 Å². The summed E-state index contributed by atoms with van der Waals surface area (Å²) in [6, 6.07) is 4.05. The maximum Gasteiger partial charge on any atom is 0.312 e. The Morgan fingerprint density at radius 3 is 2.68 bits per heavy atom. The molecule has 1 aliphatic heterocycles. The molecule has 2 amide bonds. The van der Waals surface area contributed by atoms with Gasteiger partial charge in [-0.1, -0.05) is 0 Å². The average molecular weight is 303 g/mol. The predicted octanol–water partition coefficient (Wildman–Crippen LogP) is 1.87. The normalized spacial score (nSPS) is 18.1. The fourth-order valence-electron chi connectivity index (χ4n) is 2.87. The molecule has 22 heavy (non-hydrogen) atoms. The second-order valence-electron chi connectivity index (χ2n) is 5.83. The third-order valence-electron chi connectivity index (χ3n) is 4.34. The Morgan fingerprint density at radius 2 is 2.05 bits per heavy atom. The number of piperidine rings is 1. The van der Waals surface area contributed by atoms with Crippen molar-refractivity contribution in [1.82, 2.24) is 14.8 Å². The number of aromatic nitrogens is 1. The lowest BCUT2D eigenvalue weighted by Gasteiger charge is -2.34. The number of carbonyl (C=O) groups excluding carboxylic acids is 2. The standard InChI is InChI=1S/C17H25N3O2/c1-3-19(13-9-15-7-10-18-11-8-15)16(21)17(22)20-12-5-4-6-14(20)2/h7-8,10-11,14H,3-6,9,12-13H2,1-2H3. The van der Waals surface area contributed by atoms with Gasteiger partial charge < -0.3 is 9.80 Å². The minimum atomic E-state index is -0.370. The molecule has 0 bridgehead atoms. The molecule has 0 spiro atoms. The molecule has 1 aliphatic rings. The number of likely N-dealkylation sites (tertiary alicyclic amines) is 1. The number of amides is 2. The molecular weight excluding hydrogens is 278 g/mol. The molecule has 2 heterocycles. The number of nitrogens with zero attached hydrogens (tertiary/aromatic N) is 3. The Morgan fingerprint density at radius 1 is 1.32 bits per heavy atom. The van der Waals surface area contributed by atoms with E-state index in [2.05, 4.69) is 4.98 Å². The SMILES string of the molecule is CCN(CCc1ccncc1)C(=O)C(=O)N1CCCCC1C. The summed E-state index contributed by atoms with van der Waals surface area (Å²) < 4.78 is 0. The first-order valence-electron chi connectivity index (χ1n) is 8.12. The van der Waals surface area contributed by atoms with Crippen LogP contribution in [-0.4, -0.2) is 52.3 Å². The molecule has 0 radical (unpaired) electrons. The van der Waals surface area contributed by atoms with Gasteiger partial charge in [0.2, 0.25) is 0 Å². The van der Waals surface area contributed by atoms with Crippen molar-refractivity contribution in [2.75, 3.05) is 19.6 Å². The van der Waals surface area contributed by atoms with Crippen LogP contribution < -0.4 is 0 Å². The minimum Gasteiger partial charge on any atom is -0.334 e. The summed E-state index contributed by atoms with van der Waals surface area (Å²) in [5.41, 5.74) is 1.13. The molecule has 120 valence electrons. The van der Waals surface area contributed by atoms with Gasteiger partial charge in [0.05, 0.1) is 0 Å². The van der Waals surface area contributed by atoms with E-state index in [0.717, 1.165) is 31.2 Å². The highest BCUT2D eigenvalue weighted by molar-refractivity contribution is 6.35. The van der Waals surface area contributed by atoms with Crippen LogP contribution in [0.2, 0.25) is 0 Å². The summed E-state index contributed by atoms with van der Waals surface area (Å²) in [4.78, 5) is 32.3. The summed E-state index contributed by atoms with van der Waals surface area (Å²) in [6.45, 7) is 5.76. The lowest BCUT2D eigenvalue weighted by molar-refractivity contribution is -0.153. The van der Waals surface area contributed by atoms with Gasteiger partial charge in [0.25, 0.3) is 0 Å². The highest BCUT2D eigenvalue weighted by Crippen LogP contribution is 2.17. The minimum absolute atomic E-state index is 0.170. The zero-order valence-corrected chi connectivity index (χ0v) is 13.5. The molecule has 0 aromatic carbocycles. The molecule has 1 aromatic rings. The van der Waals surface area contributed by atoms with Crippen LogP contribution in [0.1, 0.15) is 38.7 Å². The predicted molar refractivity (Wildman–Crippen MR) is 85.2 cm³/mol. The number of hydrogen-bond donors (Lipinski definition) is 0. The zero-order valence-electron chi connectivity index (χ0n) is 13.5. The Bertz CT molecular complexity index is 504. The topological polar surface area (TPSA) is 53.5 Å². The lowest BCUT2D eigenvalue weighted by Crippen LogP contribution is -2.50. The van der Waals surface area contributed by atoms with E-state index in [0.29, 0.717) is 19.6 Å². The molecule has 0 N–H and O–H groups in total. The summed E-state index contributed by atoms with van der Waals surface area (Å²) in [5.74, 6) is -0.714. The summed E-state index contributed by atoms with van der Waals surface area (Å²) >= 11 is 0. The second kappa shape index (κ2) is 7.92. The van der Waals surface area contributed by atoms with Crippen LogP contribution in [-0.2, 0) is 16.0 Å². The summed E-state index contributed by atoms with van der Waals surface area (Å²) in [7, 11) is 0. The van der Waals surface area contributed by atoms with Crippen molar-refractivity contribution in [3.63, 3.8) is 0 Å². The third kappa shape index (κ3) is 4.06. The van der Waals surface area contributed by atoms with E-state index in [1.165, 1.54) is 0 Å². The van der Waals surface area contributed by atoms with E-state index in [1.807, 2.05) is 26.0 Å². The molecule has 5 heteroatoms. The number of carbonyl (C=O) groups is 2. The van der Waals surface area contributed by atoms with Crippen molar-refractivity contribution in [2.45, 2.75) is 45.6 Å². The van der Waals surface area contributed by atoms with Gasteiger partial charge in [-0.15, -0.1) is 0 Å². The van der Waals surface area contributed by atoms with E-state index in [-0.39, 0.29) is 17.9 Å². The Balaban J connectivity index is 1.94. The van der Waals surface area contributed by atoms with Gasteiger partial charge in [-0.3, -0.25) is 14.6 Å². The van der Waals surface area contributed by atoms with Crippen molar-refractivity contribution in [3.8, 4) is 0 Å². The number of likely N-dealkylation sites (N-methyl/N-ethyl adjacent to an activating group) is 1. The van der Waals surface area contributed by atoms with Crippen LogP contribution >= 0.6 is 0 Å². The van der Waals surface area contributed by atoms with Crippen molar-refractivity contribution < 1.29 is 9.59 Å². The molecule has 0 saturated carbocycles. The summed E-state index contributed by atoms with van der Waals surface area (Å²) in [5, 5.41) is 0. The fourth-order valence-corrected chi connectivity index (χ4v) is 2.87. The number of rotatable bonds is 4. The maximum absolute atomic E-state index is 12.5. The highest BCUT2D eigenvalue weighted by Gasteiger charge is 2.30. The molecular formula is C17H25N3O2. The van der Waals surface area contributed by atoms with E-state index in [9.17, 15) is 9.59 Å². The largest absolute Gasteiger partial charge is 0.334 e. The monoisotopic (exact) mass is 303 g/mol. The van der Waals surface area contributed by atoms with Crippen LogP contribution in [0.3, 0.4) is 0 Å². The molecule has 1 unspecified atom stereocenters. The highest BCUT2D eigenvalue weighted by atomic mass is 16.2. The lowest BCUT2D eigenvalue weighted by atomic mass is 10.0. The average Bonchev–Trinajstić information content (AvgIpc) is 2.56. The van der Waals surface area contributed by atoms with Gasteiger partial charge in [-0.2, -0.15) is 0 Å². The van der Waals surface area contributed by atoms with Gasteiger partial charge in [0.15, 0.2) is 0 Å². The zero-order chi connectivity index (χ0) is 15.9. The van der Waals surface area contributed by atoms with Gasteiger partial charge in [0, 0.05) is 38.1 Å². The second-order valence-corrected chi connectivity index (χ2v) is 5.83. The smallest absolute Gasteiger partial charge is 0.312 e. The van der Waals surface area contributed by atoms with Crippen molar-refractivity contribution >= 4 is 11.8 Å². The first kappa shape index (κ1) is 16.5. The fraction of sp³-hybridized carbons (Fsp3) is 0.588. The van der Waals surface area contributed by atoms with Crippen LogP contribution in [0, 0.1) is 0 Å². The van der Waals surface area contributed by atoms with E-state index < -0.39 is 0 Å².